The van der Waals surface area contributed by atoms with E-state index in [0.717, 1.165) is 42.9 Å². The summed E-state index contributed by atoms with van der Waals surface area (Å²) in [6, 6.07) is 19.2. The van der Waals surface area contributed by atoms with Crippen LogP contribution in [-0.2, 0) is 12.1 Å². The Morgan fingerprint density at radius 1 is 0.882 bits per heavy atom. The first kappa shape index (κ1) is 22.4. The molecular weight excluding hydrogens is 426 g/mol. The van der Waals surface area contributed by atoms with E-state index in [1.807, 2.05) is 66.4 Å². The summed E-state index contributed by atoms with van der Waals surface area (Å²) in [5.41, 5.74) is 4.15. The average Bonchev–Trinajstić information content (AvgIpc) is 3.31. The fourth-order valence-corrected chi connectivity index (χ4v) is 5.62. The zero-order chi connectivity index (χ0) is 23.9. The fraction of sp³-hybridized carbons (Fsp3) is 0.357. The second-order valence-corrected chi connectivity index (χ2v) is 9.38. The number of piperidine rings is 1. The summed E-state index contributed by atoms with van der Waals surface area (Å²) in [5.74, 6) is 0.919. The molecule has 0 saturated carbocycles. The van der Waals surface area contributed by atoms with E-state index in [4.69, 9.17) is 4.74 Å². The van der Waals surface area contributed by atoms with Crippen LogP contribution in [0.1, 0.15) is 50.5 Å². The van der Waals surface area contributed by atoms with Crippen molar-refractivity contribution in [1.82, 2.24) is 14.4 Å². The van der Waals surface area contributed by atoms with Crippen LogP contribution in [0.2, 0.25) is 0 Å². The van der Waals surface area contributed by atoms with Crippen molar-refractivity contribution in [2.24, 2.45) is 0 Å². The van der Waals surface area contributed by atoms with E-state index in [2.05, 4.69) is 22.6 Å². The van der Waals surface area contributed by atoms with Crippen LogP contribution in [0.5, 0.6) is 5.75 Å². The fourth-order valence-electron chi connectivity index (χ4n) is 5.62. The summed E-state index contributed by atoms with van der Waals surface area (Å²) in [5, 5.41) is 0. The molecule has 1 saturated heterocycles. The summed E-state index contributed by atoms with van der Waals surface area (Å²) in [4.78, 5) is 30.8. The van der Waals surface area contributed by atoms with E-state index in [1.165, 1.54) is 5.69 Å². The van der Waals surface area contributed by atoms with E-state index >= 15 is 0 Å². The smallest absolute Gasteiger partial charge is 0.253 e. The number of carbonyl (C=O) groups is 2. The molecule has 0 aliphatic carbocycles. The molecule has 6 heteroatoms. The predicted molar refractivity (Wildman–Crippen MR) is 131 cm³/mol. The molecule has 0 bridgehead atoms. The summed E-state index contributed by atoms with van der Waals surface area (Å²) in [6.45, 7) is 4.99. The van der Waals surface area contributed by atoms with Gasteiger partial charge in [-0.1, -0.05) is 30.3 Å². The first-order chi connectivity index (χ1) is 16.4. The molecule has 0 radical (unpaired) electrons. The zero-order valence-electron chi connectivity index (χ0n) is 20.1. The molecular formula is C28H31N3O3. The van der Waals surface area contributed by atoms with Crippen molar-refractivity contribution in [3.8, 4) is 5.75 Å². The van der Waals surface area contributed by atoms with Gasteiger partial charge in [0.1, 0.15) is 5.75 Å². The second kappa shape index (κ2) is 8.76. The molecule has 1 amide bonds. The normalized spacial score (nSPS) is 17.4. The molecule has 2 aliphatic heterocycles. The van der Waals surface area contributed by atoms with Crippen LogP contribution in [0.25, 0.3) is 0 Å². The van der Waals surface area contributed by atoms with Crippen LogP contribution < -0.4 is 4.74 Å². The number of likely N-dealkylation sites (tertiary alicyclic amines) is 1. The average molecular weight is 458 g/mol. The Hall–Kier alpha value is -3.38. The third-order valence-corrected chi connectivity index (χ3v) is 7.64. The van der Waals surface area contributed by atoms with E-state index < -0.39 is 0 Å². The van der Waals surface area contributed by atoms with Gasteiger partial charge in [0.25, 0.3) is 5.91 Å². The standard InChI is InChI=1S/C28H31N3O3/c1-20-19-22(9-11-24(20)34-3)27(33)30-15-13-28(14-16-30)25-12-10-23(31(25)18-17-29(28)2)26(32)21-7-5-4-6-8-21/h4-12,19H,13-18H2,1-3H3. The molecule has 1 aromatic heterocycles. The molecule has 0 N–H and O–H groups in total. The lowest BCUT2D eigenvalue weighted by Gasteiger charge is -2.50. The third-order valence-electron chi connectivity index (χ3n) is 7.64. The van der Waals surface area contributed by atoms with Crippen molar-refractivity contribution in [3.05, 3.63) is 88.7 Å². The van der Waals surface area contributed by atoms with Crippen molar-refractivity contribution in [2.75, 3.05) is 33.8 Å². The minimum Gasteiger partial charge on any atom is -0.496 e. The number of likely N-dealkylation sites (N-methyl/N-ethyl adjacent to an activating group) is 1. The van der Waals surface area contributed by atoms with Gasteiger partial charge in [-0.05, 0) is 62.7 Å². The largest absolute Gasteiger partial charge is 0.496 e. The molecule has 176 valence electrons. The SMILES string of the molecule is COc1ccc(C(=O)N2CCC3(CC2)c2ccc(C(=O)c4ccccc4)n2CCN3C)cc1C. The number of nitrogens with zero attached hydrogens (tertiary/aromatic N) is 3. The zero-order valence-corrected chi connectivity index (χ0v) is 20.1. The number of carbonyl (C=O) groups excluding carboxylic acids is 2. The molecule has 6 nitrogen and oxygen atoms in total. The molecule has 3 aromatic rings. The maximum absolute atomic E-state index is 13.2. The van der Waals surface area contributed by atoms with Gasteiger partial charge in [-0.2, -0.15) is 0 Å². The lowest BCUT2D eigenvalue weighted by molar-refractivity contribution is 0.0128. The number of aryl methyl sites for hydroxylation is 1. The summed E-state index contributed by atoms with van der Waals surface area (Å²) >= 11 is 0. The van der Waals surface area contributed by atoms with Gasteiger partial charge in [0.05, 0.1) is 18.3 Å². The number of benzene rings is 2. The molecule has 3 heterocycles. The lowest BCUT2D eigenvalue weighted by Crippen LogP contribution is -2.56. The van der Waals surface area contributed by atoms with Crippen LogP contribution >= 0.6 is 0 Å². The van der Waals surface area contributed by atoms with Crippen molar-refractivity contribution in [2.45, 2.75) is 31.8 Å². The number of hydrogen-bond acceptors (Lipinski definition) is 4. The maximum atomic E-state index is 13.2. The van der Waals surface area contributed by atoms with Crippen molar-refractivity contribution in [1.29, 1.82) is 0 Å². The van der Waals surface area contributed by atoms with Crippen LogP contribution in [0.15, 0.2) is 60.7 Å². The molecule has 2 aromatic carbocycles. The maximum Gasteiger partial charge on any atom is 0.253 e. The van der Waals surface area contributed by atoms with Gasteiger partial charge >= 0.3 is 0 Å². The van der Waals surface area contributed by atoms with Gasteiger partial charge < -0.3 is 14.2 Å². The monoisotopic (exact) mass is 457 g/mol. The Balaban J connectivity index is 1.38. The highest BCUT2D eigenvalue weighted by Crippen LogP contribution is 2.42. The molecule has 1 spiro atoms. The highest BCUT2D eigenvalue weighted by atomic mass is 16.5. The number of fused-ring (bicyclic) bond motifs is 2. The minimum absolute atomic E-state index is 0.0639. The first-order valence-electron chi connectivity index (χ1n) is 11.9. The Kier molecular flexibility index (Phi) is 5.78. The quantitative estimate of drug-likeness (QED) is 0.554. The topological polar surface area (TPSA) is 54.8 Å². The third kappa shape index (κ3) is 3.62. The molecule has 5 rings (SSSR count). The van der Waals surface area contributed by atoms with Crippen molar-refractivity contribution in [3.63, 3.8) is 0 Å². The van der Waals surface area contributed by atoms with Gasteiger partial charge in [0, 0.05) is 43.0 Å². The van der Waals surface area contributed by atoms with Gasteiger partial charge in [-0.25, -0.2) is 0 Å². The number of amides is 1. The van der Waals surface area contributed by atoms with Crippen LogP contribution in [0.3, 0.4) is 0 Å². The van der Waals surface area contributed by atoms with Gasteiger partial charge in [0.15, 0.2) is 0 Å². The number of aromatic nitrogens is 1. The van der Waals surface area contributed by atoms with E-state index in [0.29, 0.717) is 24.2 Å². The van der Waals surface area contributed by atoms with Gasteiger partial charge in [-0.3, -0.25) is 14.5 Å². The van der Waals surface area contributed by atoms with Gasteiger partial charge in [0.2, 0.25) is 5.78 Å². The Labute approximate surface area is 200 Å². The summed E-state index contributed by atoms with van der Waals surface area (Å²) in [7, 11) is 3.81. The predicted octanol–water partition coefficient (Wildman–Crippen LogP) is 4.11. The number of hydrogen-bond donors (Lipinski definition) is 0. The summed E-state index contributed by atoms with van der Waals surface area (Å²) in [6.07, 6.45) is 1.68. The molecule has 0 unspecified atom stereocenters. The molecule has 2 aliphatic rings. The number of ether oxygens (including phenoxy) is 1. The van der Waals surface area contributed by atoms with E-state index in [9.17, 15) is 9.59 Å². The van der Waals surface area contributed by atoms with Crippen LogP contribution in [-0.4, -0.2) is 59.8 Å². The first-order valence-corrected chi connectivity index (χ1v) is 11.9. The Morgan fingerprint density at radius 2 is 1.62 bits per heavy atom. The Bertz CT molecular complexity index is 1220. The summed E-state index contributed by atoms with van der Waals surface area (Å²) < 4.78 is 7.54. The van der Waals surface area contributed by atoms with Crippen LogP contribution in [0.4, 0.5) is 0 Å². The highest BCUT2D eigenvalue weighted by Gasteiger charge is 2.45. The number of ketones is 1. The van der Waals surface area contributed by atoms with Crippen molar-refractivity contribution < 1.29 is 14.3 Å². The van der Waals surface area contributed by atoms with E-state index in [-0.39, 0.29) is 17.2 Å². The van der Waals surface area contributed by atoms with Crippen LogP contribution in [0, 0.1) is 6.92 Å². The number of rotatable bonds is 4. The van der Waals surface area contributed by atoms with Gasteiger partial charge in [-0.15, -0.1) is 0 Å². The van der Waals surface area contributed by atoms with Crippen molar-refractivity contribution >= 4 is 11.7 Å². The lowest BCUT2D eigenvalue weighted by atomic mass is 9.81. The second-order valence-electron chi connectivity index (χ2n) is 9.38. The van der Waals surface area contributed by atoms with E-state index in [1.54, 1.807) is 7.11 Å². The number of methoxy groups -OCH3 is 1. The molecule has 1 fully saturated rings. The highest BCUT2D eigenvalue weighted by molar-refractivity contribution is 6.08. The minimum atomic E-state index is -0.167. The molecule has 0 atom stereocenters. The molecule has 34 heavy (non-hydrogen) atoms. The Morgan fingerprint density at radius 3 is 2.29 bits per heavy atom.